The molecule has 4 atom stereocenters. The van der Waals surface area contributed by atoms with Gasteiger partial charge >= 0.3 is 7.82 Å². The SMILES string of the molecule is CCCCNc1nc2c(N)ncnc2n1C1O[C@H](COP(=O)(O)O)[C@@H](O)[C@H]1O. The molecule has 0 aromatic carbocycles. The molecule has 3 rings (SSSR count). The van der Waals surface area contributed by atoms with E-state index in [2.05, 4.69) is 24.8 Å². The average Bonchev–Trinajstić information content (AvgIpc) is 3.12. The third-order valence-corrected chi connectivity index (χ3v) is 4.80. The van der Waals surface area contributed by atoms with Crippen LogP contribution in [0.4, 0.5) is 11.8 Å². The van der Waals surface area contributed by atoms with E-state index in [-0.39, 0.29) is 11.5 Å². The summed E-state index contributed by atoms with van der Waals surface area (Å²) in [6, 6.07) is 0. The van der Waals surface area contributed by atoms with Gasteiger partial charge in [-0.3, -0.25) is 9.09 Å². The lowest BCUT2D eigenvalue weighted by Gasteiger charge is -2.19. The van der Waals surface area contributed by atoms with Crippen molar-refractivity contribution < 1.29 is 33.8 Å². The van der Waals surface area contributed by atoms with E-state index in [4.69, 9.17) is 20.3 Å². The van der Waals surface area contributed by atoms with Gasteiger partial charge in [0.2, 0.25) is 5.95 Å². The summed E-state index contributed by atoms with van der Waals surface area (Å²) < 4.78 is 22.4. The maximum Gasteiger partial charge on any atom is 0.469 e. The van der Waals surface area contributed by atoms with Crippen LogP contribution in [0.3, 0.4) is 0 Å². The Kier molecular flexibility index (Phi) is 6.15. The van der Waals surface area contributed by atoms with Crippen LogP contribution >= 0.6 is 7.82 Å². The third-order valence-electron chi connectivity index (χ3n) is 4.32. The fraction of sp³-hybridized carbons (Fsp3) is 0.643. The lowest BCUT2D eigenvalue weighted by Crippen LogP contribution is -2.33. The van der Waals surface area contributed by atoms with Gasteiger partial charge in [0.1, 0.15) is 24.6 Å². The Balaban J connectivity index is 1.93. The first-order chi connectivity index (χ1) is 13.2. The number of anilines is 2. The summed E-state index contributed by atoms with van der Waals surface area (Å²) in [6.07, 6.45) is -2.14. The molecule has 0 saturated carbocycles. The number of hydrogen-bond donors (Lipinski definition) is 6. The summed E-state index contributed by atoms with van der Waals surface area (Å²) in [5.41, 5.74) is 6.43. The maximum absolute atomic E-state index is 10.9. The van der Waals surface area contributed by atoms with Gasteiger partial charge in [0, 0.05) is 6.54 Å². The predicted molar refractivity (Wildman–Crippen MR) is 97.1 cm³/mol. The molecule has 2 aromatic heterocycles. The Morgan fingerprint density at radius 3 is 2.79 bits per heavy atom. The molecule has 1 aliphatic heterocycles. The third kappa shape index (κ3) is 4.25. The quantitative estimate of drug-likeness (QED) is 0.234. The fourth-order valence-corrected chi connectivity index (χ4v) is 3.26. The second-order valence-electron chi connectivity index (χ2n) is 6.35. The number of phosphoric ester groups is 1. The largest absolute Gasteiger partial charge is 0.469 e. The minimum atomic E-state index is -4.76. The summed E-state index contributed by atoms with van der Waals surface area (Å²) in [4.78, 5) is 30.1. The number of imidazole rings is 1. The van der Waals surface area contributed by atoms with E-state index in [1.807, 2.05) is 6.92 Å². The van der Waals surface area contributed by atoms with Crippen molar-refractivity contribution in [3.63, 3.8) is 0 Å². The van der Waals surface area contributed by atoms with Gasteiger partial charge in [-0.15, -0.1) is 0 Å². The number of nitrogens with one attached hydrogen (secondary N) is 1. The van der Waals surface area contributed by atoms with Gasteiger partial charge in [0.05, 0.1) is 6.61 Å². The number of ether oxygens (including phenoxy) is 1. The Hall–Kier alpha value is -1.86. The molecule has 7 N–H and O–H groups in total. The lowest BCUT2D eigenvalue weighted by molar-refractivity contribution is -0.0494. The van der Waals surface area contributed by atoms with Gasteiger partial charge in [-0.1, -0.05) is 13.3 Å². The van der Waals surface area contributed by atoms with Crippen LogP contribution in [0.1, 0.15) is 26.0 Å². The molecule has 28 heavy (non-hydrogen) atoms. The van der Waals surface area contributed by atoms with Crippen molar-refractivity contribution in [3.05, 3.63) is 6.33 Å². The van der Waals surface area contributed by atoms with Crippen LogP contribution in [0.5, 0.6) is 0 Å². The molecule has 1 aliphatic rings. The highest BCUT2D eigenvalue weighted by molar-refractivity contribution is 7.46. The summed E-state index contributed by atoms with van der Waals surface area (Å²) in [6.45, 7) is 2.00. The number of aromatic nitrogens is 4. The van der Waals surface area contributed by atoms with E-state index in [0.29, 0.717) is 18.0 Å². The fourth-order valence-electron chi connectivity index (χ4n) is 2.92. The number of fused-ring (bicyclic) bond motifs is 1. The van der Waals surface area contributed by atoms with Crippen LogP contribution in [-0.2, 0) is 13.8 Å². The highest BCUT2D eigenvalue weighted by Gasteiger charge is 2.46. The predicted octanol–water partition coefficient (Wildman–Crippen LogP) is -0.651. The molecule has 0 radical (unpaired) electrons. The van der Waals surface area contributed by atoms with Crippen LogP contribution in [-0.4, -0.2) is 71.0 Å². The Morgan fingerprint density at radius 2 is 2.11 bits per heavy atom. The molecule has 3 heterocycles. The molecule has 1 unspecified atom stereocenters. The molecule has 0 amide bonds. The second-order valence-corrected chi connectivity index (χ2v) is 7.59. The van der Waals surface area contributed by atoms with Gasteiger partial charge in [-0.25, -0.2) is 19.5 Å². The zero-order valence-electron chi connectivity index (χ0n) is 15.0. The van der Waals surface area contributed by atoms with Crippen LogP contribution in [0.15, 0.2) is 6.33 Å². The average molecular weight is 418 g/mol. The van der Waals surface area contributed by atoms with Crippen molar-refractivity contribution in [1.29, 1.82) is 0 Å². The van der Waals surface area contributed by atoms with Crippen LogP contribution in [0.25, 0.3) is 11.2 Å². The molecular weight excluding hydrogens is 395 g/mol. The zero-order valence-corrected chi connectivity index (χ0v) is 15.9. The van der Waals surface area contributed by atoms with Crippen molar-refractivity contribution in [2.75, 3.05) is 24.2 Å². The first kappa shape index (κ1) is 20.9. The normalized spacial score (nSPS) is 25.5. The van der Waals surface area contributed by atoms with Gasteiger partial charge in [0.15, 0.2) is 23.2 Å². The van der Waals surface area contributed by atoms with Gasteiger partial charge in [-0.05, 0) is 6.42 Å². The minimum Gasteiger partial charge on any atom is -0.387 e. The maximum atomic E-state index is 10.9. The number of hydrogen-bond acceptors (Lipinski definition) is 10. The first-order valence-corrected chi connectivity index (χ1v) is 10.2. The van der Waals surface area contributed by atoms with E-state index in [1.54, 1.807) is 0 Å². The highest BCUT2D eigenvalue weighted by Crippen LogP contribution is 2.39. The van der Waals surface area contributed by atoms with Crippen molar-refractivity contribution in [3.8, 4) is 0 Å². The van der Waals surface area contributed by atoms with E-state index in [9.17, 15) is 14.8 Å². The van der Waals surface area contributed by atoms with Gasteiger partial charge < -0.3 is 35.8 Å². The molecule has 0 bridgehead atoms. The van der Waals surface area contributed by atoms with E-state index in [1.165, 1.54) is 10.9 Å². The van der Waals surface area contributed by atoms with Crippen molar-refractivity contribution in [2.45, 2.75) is 44.3 Å². The summed E-state index contributed by atoms with van der Waals surface area (Å²) in [5.74, 6) is 0.445. The number of unbranched alkanes of at least 4 members (excludes halogenated alkanes) is 1. The number of nitrogens with zero attached hydrogens (tertiary/aromatic N) is 4. The summed E-state index contributed by atoms with van der Waals surface area (Å²) >= 11 is 0. The molecule has 14 heteroatoms. The zero-order chi connectivity index (χ0) is 20.5. The Labute approximate surface area is 159 Å². The number of aliphatic hydroxyl groups is 2. The first-order valence-electron chi connectivity index (χ1n) is 8.67. The second kappa shape index (κ2) is 8.25. The number of nitrogens with two attached hydrogens (primary N) is 1. The standard InChI is InChI=1S/C14H23N6O7P/c1-2-3-4-16-14-19-8-11(15)17-6-18-12(8)20(14)13-10(22)9(21)7(27-13)5-26-28(23,24)25/h6-7,9-10,13,21-22H,2-5H2,1H3,(H,16,19)(H2,15,17,18)(H2,23,24,25)/t7-,9-,10-,13?/m1/s1. The molecule has 1 fully saturated rings. The molecule has 0 aliphatic carbocycles. The Morgan fingerprint density at radius 1 is 1.36 bits per heavy atom. The number of nitrogen functional groups attached to an aromatic ring is 1. The van der Waals surface area contributed by atoms with E-state index in [0.717, 1.165) is 12.8 Å². The molecule has 156 valence electrons. The van der Waals surface area contributed by atoms with Gasteiger partial charge in [0.25, 0.3) is 0 Å². The molecule has 13 nitrogen and oxygen atoms in total. The van der Waals surface area contributed by atoms with Crippen molar-refractivity contribution >= 4 is 30.8 Å². The molecule has 1 saturated heterocycles. The smallest absolute Gasteiger partial charge is 0.387 e. The number of aliphatic hydroxyl groups excluding tert-OH is 2. The van der Waals surface area contributed by atoms with Crippen molar-refractivity contribution in [1.82, 2.24) is 19.5 Å². The molecule has 2 aromatic rings. The monoisotopic (exact) mass is 418 g/mol. The van der Waals surface area contributed by atoms with E-state index >= 15 is 0 Å². The van der Waals surface area contributed by atoms with E-state index < -0.39 is 39.0 Å². The summed E-state index contributed by atoms with van der Waals surface area (Å²) in [5, 5.41) is 23.8. The van der Waals surface area contributed by atoms with Crippen LogP contribution in [0.2, 0.25) is 0 Å². The Bertz CT molecular complexity index is 873. The van der Waals surface area contributed by atoms with Crippen LogP contribution in [0, 0.1) is 0 Å². The molecule has 0 spiro atoms. The topological polar surface area (TPSA) is 198 Å². The lowest BCUT2D eigenvalue weighted by atomic mass is 10.1. The van der Waals surface area contributed by atoms with Crippen LogP contribution < -0.4 is 11.1 Å². The van der Waals surface area contributed by atoms with Crippen molar-refractivity contribution in [2.24, 2.45) is 0 Å². The number of phosphoric acid groups is 1. The minimum absolute atomic E-state index is 0.136. The molecular formula is C14H23N6O7P. The highest BCUT2D eigenvalue weighted by atomic mass is 31.2. The van der Waals surface area contributed by atoms with Gasteiger partial charge in [-0.2, -0.15) is 0 Å². The number of rotatable bonds is 8. The summed E-state index contributed by atoms with van der Waals surface area (Å²) in [7, 11) is -4.76.